The molecule has 35 heavy (non-hydrogen) atoms. The molecule has 0 fully saturated rings. The van der Waals surface area contributed by atoms with E-state index in [1.165, 1.54) is 11.1 Å². The summed E-state index contributed by atoms with van der Waals surface area (Å²) in [7, 11) is 0. The fourth-order valence-electron chi connectivity index (χ4n) is 4.43. The van der Waals surface area contributed by atoms with E-state index in [-0.39, 0.29) is 5.92 Å². The van der Waals surface area contributed by atoms with Gasteiger partial charge in [0.05, 0.1) is 17.1 Å². The van der Waals surface area contributed by atoms with Crippen LogP contribution < -0.4 is 4.74 Å². The van der Waals surface area contributed by atoms with Crippen LogP contribution in [0.4, 0.5) is 0 Å². The number of nitrogens with zero attached hydrogens (tertiary/aromatic N) is 1. The van der Waals surface area contributed by atoms with Crippen molar-refractivity contribution >= 4 is 16.9 Å². The predicted octanol–water partition coefficient (Wildman–Crippen LogP) is 7.42. The molecule has 0 aliphatic rings. The number of carbonyl (C=O) groups is 1. The normalized spacial score (nSPS) is 12.8. The van der Waals surface area contributed by atoms with Gasteiger partial charge >= 0.3 is 5.97 Å². The zero-order valence-electron chi connectivity index (χ0n) is 20.3. The van der Waals surface area contributed by atoms with Crippen molar-refractivity contribution in [3.05, 3.63) is 108 Å². The van der Waals surface area contributed by atoms with Gasteiger partial charge in [-0.05, 0) is 73.4 Å². The lowest BCUT2D eigenvalue weighted by Gasteiger charge is -2.19. The van der Waals surface area contributed by atoms with Crippen molar-refractivity contribution in [3.63, 3.8) is 0 Å². The van der Waals surface area contributed by atoms with Crippen LogP contribution in [-0.2, 0) is 17.8 Å². The molecular formula is C31H33NO3. The van der Waals surface area contributed by atoms with E-state index in [9.17, 15) is 9.90 Å². The molecule has 0 aliphatic carbocycles. The van der Waals surface area contributed by atoms with Crippen molar-refractivity contribution in [2.45, 2.75) is 51.6 Å². The van der Waals surface area contributed by atoms with Gasteiger partial charge in [0.25, 0.3) is 0 Å². The Morgan fingerprint density at radius 1 is 0.857 bits per heavy atom. The number of aliphatic carboxylic acids is 1. The number of carboxylic acids is 1. The largest absolute Gasteiger partial charge is 0.487 e. The molecule has 3 aromatic carbocycles. The molecule has 4 nitrogen and oxygen atoms in total. The van der Waals surface area contributed by atoms with Gasteiger partial charge in [0.2, 0.25) is 0 Å². The average molecular weight is 468 g/mol. The van der Waals surface area contributed by atoms with Crippen LogP contribution in [0.3, 0.4) is 0 Å². The van der Waals surface area contributed by atoms with Crippen LogP contribution in [0.25, 0.3) is 10.9 Å². The Hall–Kier alpha value is -3.66. The highest BCUT2D eigenvalue weighted by molar-refractivity contribution is 5.78. The molecule has 1 aromatic heterocycles. The van der Waals surface area contributed by atoms with Gasteiger partial charge in [-0.25, -0.2) is 4.98 Å². The van der Waals surface area contributed by atoms with Gasteiger partial charge in [-0.2, -0.15) is 0 Å². The molecule has 4 aromatic rings. The molecular weight excluding hydrogens is 434 g/mol. The number of rotatable bonds is 12. The molecule has 1 N–H and O–H groups in total. The van der Waals surface area contributed by atoms with E-state index in [1.807, 2.05) is 42.5 Å². The highest BCUT2D eigenvalue weighted by atomic mass is 16.5. The first-order valence-corrected chi connectivity index (χ1v) is 12.4. The van der Waals surface area contributed by atoms with Crippen LogP contribution in [-0.4, -0.2) is 16.1 Å². The number of benzene rings is 3. The Labute approximate surface area is 207 Å². The monoisotopic (exact) mass is 467 g/mol. The summed E-state index contributed by atoms with van der Waals surface area (Å²) in [6.07, 6.45) is 4.68. The van der Waals surface area contributed by atoms with Crippen LogP contribution in [0.1, 0.15) is 55.3 Å². The first-order valence-electron chi connectivity index (χ1n) is 12.4. The Kier molecular flexibility index (Phi) is 8.50. The smallest absolute Gasteiger partial charge is 0.306 e. The maximum absolute atomic E-state index is 11.3. The number of hydrogen-bond acceptors (Lipinski definition) is 3. The fraction of sp³-hybridized carbons (Fsp3) is 0.290. The molecule has 1 heterocycles. The molecule has 180 valence electrons. The molecule has 0 spiro atoms. The quantitative estimate of drug-likeness (QED) is 0.235. The van der Waals surface area contributed by atoms with Crippen LogP contribution >= 0.6 is 0 Å². The summed E-state index contributed by atoms with van der Waals surface area (Å²) < 4.78 is 6.00. The lowest BCUT2D eigenvalue weighted by atomic mass is 9.86. The summed E-state index contributed by atoms with van der Waals surface area (Å²) in [5.74, 6) is 0.0881. The van der Waals surface area contributed by atoms with Gasteiger partial charge in [-0.1, -0.05) is 73.7 Å². The summed E-state index contributed by atoms with van der Waals surface area (Å²) in [4.78, 5) is 16.0. The first kappa shape index (κ1) is 24.5. The Balaban J connectivity index is 1.37. The molecule has 4 heteroatoms. The summed E-state index contributed by atoms with van der Waals surface area (Å²) in [6.45, 7) is 2.21. The summed E-state index contributed by atoms with van der Waals surface area (Å²) in [5, 5.41) is 10.4. The molecule has 0 saturated heterocycles. The Morgan fingerprint density at radius 3 is 2.37 bits per heavy atom. The van der Waals surface area contributed by atoms with E-state index >= 15 is 0 Å². The maximum atomic E-state index is 11.3. The van der Waals surface area contributed by atoms with Crippen LogP contribution in [0.2, 0.25) is 0 Å². The third kappa shape index (κ3) is 7.16. The highest BCUT2D eigenvalue weighted by Gasteiger charge is 2.17. The summed E-state index contributed by atoms with van der Waals surface area (Å²) in [6, 6.07) is 31.0. The molecule has 0 aliphatic heterocycles. The van der Waals surface area contributed by atoms with Gasteiger partial charge in [-0.3, -0.25) is 4.79 Å². The molecule has 0 saturated carbocycles. The van der Waals surface area contributed by atoms with Crippen LogP contribution in [0.15, 0.2) is 91.0 Å². The van der Waals surface area contributed by atoms with Crippen molar-refractivity contribution in [1.82, 2.24) is 4.98 Å². The Bertz CT molecular complexity index is 1220. The summed E-state index contributed by atoms with van der Waals surface area (Å²) in [5.41, 5.74) is 4.45. The number of hydrogen-bond donors (Lipinski definition) is 1. The first-order chi connectivity index (χ1) is 17.1. The lowest BCUT2D eigenvalue weighted by Crippen LogP contribution is -2.11. The molecule has 2 unspecified atom stereocenters. The van der Waals surface area contributed by atoms with Crippen molar-refractivity contribution in [1.29, 1.82) is 0 Å². The number of para-hydroxylation sites is 1. The minimum atomic E-state index is -0.723. The predicted molar refractivity (Wildman–Crippen MR) is 141 cm³/mol. The van der Waals surface area contributed by atoms with Crippen molar-refractivity contribution in [3.8, 4) is 5.75 Å². The van der Waals surface area contributed by atoms with Crippen molar-refractivity contribution in [2.75, 3.05) is 0 Å². The zero-order chi connectivity index (χ0) is 24.5. The third-order valence-corrected chi connectivity index (χ3v) is 6.62. The topological polar surface area (TPSA) is 59.4 Å². The van der Waals surface area contributed by atoms with Crippen molar-refractivity contribution < 1.29 is 14.6 Å². The van der Waals surface area contributed by atoms with Gasteiger partial charge in [0, 0.05) is 5.39 Å². The second kappa shape index (κ2) is 12.2. The lowest BCUT2D eigenvalue weighted by molar-refractivity contribution is -0.141. The van der Waals surface area contributed by atoms with E-state index in [4.69, 9.17) is 4.74 Å². The van der Waals surface area contributed by atoms with E-state index in [0.717, 1.165) is 48.0 Å². The standard InChI is InChI=1S/C31H33NO3/c1-23(31(33)34)14-15-25(12-7-10-24-8-3-2-4-9-24)26-17-20-29(21-18-26)35-22-28-19-16-27-11-5-6-13-30(27)32-28/h2-6,8-9,11,13,16-21,23,25H,7,10,12,14-15,22H2,1H3,(H,33,34). The Morgan fingerprint density at radius 2 is 1.60 bits per heavy atom. The second-order valence-electron chi connectivity index (χ2n) is 9.24. The summed E-state index contributed by atoms with van der Waals surface area (Å²) >= 11 is 0. The molecule has 0 amide bonds. The van der Waals surface area contributed by atoms with E-state index in [0.29, 0.717) is 18.9 Å². The number of aryl methyl sites for hydroxylation is 1. The van der Waals surface area contributed by atoms with E-state index < -0.39 is 5.97 Å². The molecule has 2 atom stereocenters. The maximum Gasteiger partial charge on any atom is 0.306 e. The van der Waals surface area contributed by atoms with E-state index in [1.54, 1.807) is 6.92 Å². The number of ether oxygens (including phenoxy) is 1. The van der Waals surface area contributed by atoms with Gasteiger partial charge in [-0.15, -0.1) is 0 Å². The minimum Gasteiger partial charge on any atom is -0.487 e. The number of carboxylic acid groups (broad SMARTS) is 1. The van der Waals surface area contributed by atoms with Gasteiger partial charge in [0.15, 0.2) is 0 Å². The highest BCUT2D eigenvalue weighted by Crippen LogP contribution is 2.30. The second-order valence-corrected chi connectivity index (χ2v) is 9.24. The average Bonchev–Trinajstić information content (AvgIpc) is 2.90. The van der Waals surface area contributed by atoms with Crippen LogP contribution in [0.5, 0.6) is 5.75 Å². The van der Waals surface area contributed by atoms with Crippen LogP contribution in [0, 0.1) is 5.92 Å². The fourth-order valence-corrected chi connectivity index (χ4v) is 4.43. The third-order valence-electron chi connectivity index (χ3n) is 6.62. The molecule has 0 radical (unpaired) electrons. The van der Waals surface area contributed by atoms with Crippen molar-refractivity contribution in [2.24, 2.45) is 5.92 Å². The van der Waals surface area contributed by atoms with Gasteiger partial charge in [0.1, 0.15) is 12.4 Å². The minimum absolute atomic E-state index is 0.330. The van der Waals surface area contributed by atoms with Gasteiger partial charge < -0.3 is 9.84 Å². The molecule has 0 bridgehead atoms. The van der Waals surface area contributed by atoms with E-state index in [2.05, 4.69) is 53.5 Å². The number of fused-ring (bicyclic) bond motifs is 1. The molecule has 4 rings (SSSR count). The SMILES string of the molecule is CC(CCC(CCCc1ccccc1)c1ccc(OCc2ccc3ccccc3n2)cc1)C(=O)O. The zero-order valence-corrected chi connectivity index (χ0v) is 20.3. The number of pyridine rings is 1. The number of aromatic nitrogens is 1.